The molecule has 1 N–H and O–H groups in total. The highest BCUT2D eigenvalue weighted by atomic mass is 79.9. The topological polar surface area (TPSA) is 20.2 Å². The van der Waals surface area contributed by atoms with Gasteiger partial charge in [0.1, 0.15) is 5.82 Å². The molecule has 0 aliphatic heterocycles. The Kier molecular flexibility index (Phi) is 2.88. The Morgan fingerprint density at radius 1 is 1.50 bits per heavy atom. The second kappa shape index (κ2) is 3.99. The van der Waals surface area contributed by atoms with Gasteiger partial charge in [0.05, 0.1) is 6.10 Å². The van der Waals surface area contributed by atoms with E-state index in [1.54, 1.807) is 6.07 Å². The summed E-state index contributed by atoms with van der Waals surface area (Å²) in [6, 6.07) is 4.43. The summed E-state index contributed by atoms with van der Waals surface area (Å²) in [6.07, 6.45) is 2.61. The Hall–Kier alpha value is -0.410. The van der Waals surface area contributed by atoms with E-state index in [0.717, 1.165) is 10.9 Å². The maximum Gasteiger partial charge on any atom is 0.123 e. The van der Waals surface area contributed by atoms with Gasteiger partial charge in [0.2, 0.25) is 0 Å². The number of halogens is 2. The van der Waals surface area contributed by atoms with Gasteiger partial charge in [-0.2, -0.15) is 0 Å². The van der Waals surface area contributed by atoms with Gasteiger partial charge >= 0.3 is 0 Å². The van der Waals surface area contributed by atoms with Crippen molar-refractivity contribution in [2.75, 3.05) is 0 Å². The molecular weight excluding hydrogens is 247 g/mol. The van der Waals surface area contributed by atoms with E-state index >= 15 is 0 Å². The first-order valence-electron chi connectivity index (χ1n) is 4.80. The number of rotatable bonds is 3. The van der Waals surface area contributed by atoms with Crippen LogP contribution in [-0.4, -0.2) is 5.11 Å². The molecule has 1 aromatic rings. The quantitative estimate of drug-likeness (QED) is 0.881. The van der Waals surface area contributed by atoms with Crippen LogP contribution in [0.25, 0.3) is 0 Å². The van der Waals surface area contributed by atoms with Crippen molar-refractivity contribution in [2.24, 2.45) is 5.92 Å². The fourth-order valence-electron chi connectivity index (χ4n) is 1.57. The summed E-state index contributed by atoms with van der Waals surface area (Å²) >= 11 is 3.31. The minimum absolute atomic E-state index is 0.293. The highest BCUT2D eigenvalue weighted by Crippen LogP contribution is 2.39. The van der Waals surface area contributed by atoms with E-state index in [2.05, 4.69) is 15.9 Å². The third-order valence-electron chi connectivity index (χ3n) is 2.57. The molecule has 0 saturated heterocycles. The Morgan fingerprint density at radius 2 is 2.21 bits per heavy atom. The van der Waals surface area contributed by atoms with Gasteiger partial charge in [0.15, 0.2) is 0 Å². The molecule has 1 fully saturated rings. The maximum absolute atomic E-state index is 12.9. The van der Waals surface area contributed by atoms with Crippen LogP contribution in [0.5, 0.6) is 0 Å². The normalized spacial score (nSPS) is 18.2. The molecule has 0 spiro atoms. The molecule has 3 heteroatoms. The lowest BCUT2D eigenvalue weighted by Crippen LogP contribution is -2.00. The maximum atomic E-state index is 12.9. The zero-order valence-corrected chi connectivity index (χ0v) is 9.30. The molecule has 76 valence electrons. The molecule has 1 aromatic carbocycles. The fraction of sp³-hybridized carbons (Fsp3) is 0.455. The van der Waals surface area contributed by atoms with Crippen LogP contribution >= 0.6 is 15.9 Å². The lowest BCUT2D eigenvalue weighted by atomic mass is 10.0. The van der Waals surface area contributed by atoms with E-state index in [9.17, 15) is 9.50 Å². The number of benzene rings is 1. The molecule has 1 unspecified atom stereocenters. The largest absolute Gasteiger partial charge is 0.388 e. The first-order valence-corrected chi connectivity index (χ1v) is 5.59. The molecule has 0 heterocycles. The third kappa shape index (κ3) is 2.34. The SMILES string of the molecule is OC(CC1CC1)c1cc(F)ccc1Br. The van der Waals surface area contributed by atoms with Crippen LogP contribution in [0, 0.1) is 11.7 Å². The van der Waals surface area contributed by atoms with E-state index in [4.69, 9.17) is 0 Å². The van der Waals surface area contributed by atoms with Crippen molar-refractivity contribution >= 4 is 15.9 Å². The van der Waals surface area contributed by atoms with E-state index in [0.29, 0.717) is 11.5 Å². The van der Waals surface area contributed by atoms with Crippen molar-refractivity contribution in [3.63, 3.8) is 0 Å². The molecule has 14 heavy (non-hydrogen) atoms. The Morgan fingerprint density at radius 3 is 2.86 bits per heavy atom. The van der Waals surface area contributed by atoms with Crippen LogP contribution in [0.4, 0.5) is 4.39 Å². The van der Waals surface area contributed by atoms with Crippen molar-refractivity contribution in [1.29, 1.82) is 0 Å². The lowest BCUT2D eigenvalue weighted by Gasteiger charge is -2.12. The molecule has 1 nitrogen and oxygen atoms in total. The molecule has 2 rings (SSSR count). The minimum atomic E-state index is -0.535. The van der Waals surface area contributed by atoms with Gasteiger partial charge in [0.25, 0.3) is 0 Å². The van der Waals surface area contributed by atoms with Crippen molar-refractivity contribution in [3.8, 4) is 0 Å². The number of aliphatic hydroxyl groups is 1. The second-order valence-electron chi connectivity index (χ2n) is 3.86. The molecule has 1 saturated carbocycles. The predicted octanol–water partition coefficient (Wildman–Crippen LogP) is 3.42. The van der Waals surface area contributed by atoms with Crippen molar-refractivity contribution in [3.05, 3.63) is 34.1 Å². The van der Waals surface area contributed by atoms with Gasteiger partial charge in [-0.25, -0.2) is 4.39 Å². The van der Waals surface area contributed by atoms with Crippen LogP contribution in [-0.2, 0) is 0 Å². The summed E-state index contributed by atoms with van der Waals surface area (Å²) in [5, 5.41) is 9.84. The average Bonchev–Trinajstić information content (AvgIpc) is 2.93. The van der Waals surface area contributed by atoms with Crippen molar-refractivity contribution in [1.82, 2.24) is 0 Å². The fourth-order valence-corrected chi connectivity index (χ4v) is 2.08. The van der Waals surface area contributed by atoms with Gasteiger partial charge in [-0.15, -0.1) is 0 Å². The summed E-state index contributed by atoms with van der Waals surface area (Å²) in [4.78, 5) is 0. The van der Waals surface area contributed by atoms with E-state index < -0.39 is 6.10 Å². The highest BCUT2D eigenvalue weighted by Gasteiger charge is 2.26. The summed E-state index contributed by atoms with van der Waals surface area (Å²) in [7, 11) is 0. The van der Waals surface area contributed by atoms with Crippen molar-refractivity contribution < 1.29 is 9.50 Å². The zero-order chi connectivity index (χ0) is 10.1. The Labute approximate surface area is 91.1 Å². The van der Waals surface area contributed by atoms with Gasteiger partial charge in [-0.1, -0.05) is 28.8 Å². The number of hydrogen-bond donors (Lipinski definition) is 1. The molecule has 1 aliphatic carbocycles. The van der Waals surface area contributed by atoms with Crippen LogP contribution in [0.2, 0.25) is 0 Å². The first-order chi connectivity index (χ1) is 6.66. The second-order valence-corrected chi connectivity index (χ2v) is 4.72. The molecular formula is C11H12BrFO. The van der Waals surface area contributed by atoms with Crippen LogP contribution in [0.3, 0.4) is 0 Å². The van der Waals surface area contributed by atoms with Crippen LogP contribution < -0.4 is 0 Å². The minimum Gasteiger partial charge on any atom is -0.388 e. The summed E-state index contributed by atoms with van der Waals surface area (Å²) < 4.78 is 13.7. The predicted molar refractivity (Wildman–Crippen MR) is 56.4 cm³/mol. The Bertz CT molecular complexity index is 336. The van der Waals surface area contributed by atoms with E-state index in [1.165, 1.54) is 25.0 Å². The molecule has 0 radical (unpaired) electrons. The van der Waals surface area contributed by atoms with Gasteiger partial charge in [-0.3, -0.25) is 0 Å². The van der Waals surface area contributed by atoms with Crippen molar-refractivity contribution in [2.45, 2.75) is 25.4 Å². The summed E-state index contributed by atoms with van der Waals surface area (Å²) in [5.74, 6) is 0.346. The first kappa shape index (κ1) is 10.1. The summed E-state index contributed by atoms with van der Waals surface area (Å²) in [6.45, 7) is 0. The molecule has 0 bridgehead atoms. The third-order valence-corrected chi connectivity index (χ3v) is 3.29. The Balaban J connectivity index is 2.15. The van der Waals surface area contributed by atoms with E-state index in [1.807, 2.05) is 0 Å². The highest BCUT2D eigenvalue weighted by molar-refractivity contribution is 9.10. The summed E-state index contributed by atoms with van der Waals surface area (Å²) in [5.41, 5.74) is 0.664. The van der Waals surface area contributed by atoms with Gasteiger partial charge in [-0.05, 0) is 36.1 Å². The molecule has 1 aliphatic rings. The van der Waals surface area contributed by atoms with Gasteiger partial charge in [0, 0.05) is 4.47 Å². The smallest absolute Gasteiger partial charge is 0.123 e. The zero-order valence-electron chi connectivity index (χ0n) is 7.71. The lowest BCUT2D eigenvalue weighted by molar-refractivity contribution is 0.159. The van der Waals surface area contributed by atoms with Gasteiger partial charge < -0.3 is 5.11 Å². The van der Waals surface area contributed by atoms with Crippen LogP contribution in [0.1, 0.15) is 30.9 Å². The monoisotopic (exact) mass is 258 g/mol. The number of aliphatic hydroxyl groups excluding tert-OH is 1. The molecule has 0 amide bonds. The standard InChI is InChI=1S/C11H12BrFO/c12-10-4-3-8(13)6-9(10)11(14)5-7-1-2-7/h3-4,6-7,11,14H,1-2,5H2. The van der Waals surface area contributed by atoms with E-state index in [-0.39, 0.29) is 5.82 Å². The molecule has 0 aromatic heterocycles. The van der Waals surface area contributed by atoms with Crippen LogP contribution in [0.15, 0.2) is 22.7 Å². The average molecular weight is 259 g/mol. The number of hydrogen-bond acceptors (Lipinski definition) is 1. The molecule has 1 atom stereocenters.